The van der Waals surface area contributed by atoms with Gasteiger partial charge in [0.2, 0.25) is 5.91 Å². The van der Waals surface area contributed by atoms with Crippen LogP contribution in [-0.2, 0) is 11.0 Å². The van der Waals surface area contributed by atoms with Gasteiger partial charge in [-0.05, 0) is 37.6 Å². The zero-order chi connectivity index (χ0) is 17.6. The summed E-state index contributed by atoms with van der Waals surface area (Å²) in [6.45, 7) is 1.06. The molecule has 1 aliphatic heterocycles. The summed E-state index contributed by atoms with van der Waals surface area (Å²) in [6, 6.07) is 4.77. The predicted octanol–water partition coefficient (Wildman–Crippen LogP) is 1.63. The molecule has 1 fully saturated rings. The van der Waals surface area contributed by atoms with Crippen LogP contribution in [0.25, 0.3) is 0 Å². The highest BCUT2D eigenvalue weighted by molar-refractivity contribution is 5.78. The Morgan fingerprint density at radius 2 is 2.21 bits per heavy atom. The molecule has 1 aliphatic rings. The topological polar surface area (TPSA) is 52.6 Å². The van der Waals surface area contributed by atoms with Crippen molar-refractivity contribution in [3.8, 4) is 11.8 Å². The lowest BCUT2D eigenvalue weighted by molar-refractivity contribution is -0.137. The molecule has 0 unspecified atom stereocenters. The number of halogens is 3. The first kappa shape index (κ1) is 18.3. The minimum Gasteiger partial charge on any atom is -0.395 e. The van der Waals surface area contributed by atoms with Crippen molar-refractivity contribution < 1.29 is 23.1 Å². The van der Waals surface area contributed by atoms with Gasteiger partial charge in [-0.25, -0.2) is 0 Å². The summed E-state index contributed by atoms with van der Waals surface area (Å²) in [6.07, 6.45) is -2.57. The van der Waals surface area contributed by atoms with Crippen molar-refractivity contribution in [3.05, 3.63) is 35.4 Å². The second-order valence-corrected chi connectivity index (χ2v) is 5.61. The van der Waals surface area contributed by atoms with Gasteiger partial charge in [-0.1, -0.05) is 17.9 Å². The van der Waals surface area contributed by atoms with Gasteiger partial charge in [0.05, 0.1) is 25.3 Å². The maximum Gasteiger partial charge on any atom is 0.416 e. The van der Waals surface area contributed by atoms with Gasteiger partial charge < -0.3 is 10.4 Å². The largest absolute Gasteiger partial charge is 0.416 e. The Bertz CT molecular complexity index is 635. The monoisotopic (exact) mass is 340 g/mol. The Balaban J connectivity index is 1.82. The van der Waals surface area contributed by atoms with Crippen LogP contribution in [0, 0.1) is 11.8 Å². The third-order valence-corrected chi connectivity index (χ3v) is 3.85. The molecule has 1 atom stereocenters. The van der Waals surface area contributed by atoms with Crippen molar-refractivity contribution in [3.63, 3.8) is 0 Å². The van der Waals surface area contributed by atoms with E-state index in [0.717, 1.165) is 31.5 Å². The number of nitrogens with zero attached hydrogens (tertiary/aromatic N) is 1. The van der Waals surface area contributed by atoms with E-state index in [4.69, 9.17) is 0 Å². The first-order chi connectivity index (χ1) is 11.4. The quantitative estimate of drug-likeness (QED) is 0.819. The molecule has 0 radical (unpaired) electrons. The molecular weight excluding hydrogens is 321 g/mol. The van der Waals surface area contributed by atoms with Gasteiger partial charge in [-0.3, -0.25) is 9.69 Å². The Hall–Kier alpha value is -2.04. The molecule has 0 aliphatic carbocycles. The van der Waals surface area contributed by atoms with Crippen LogP contribution in [0.3, 0.4) is 0 Å². The van der Waals surface area contributed by atoms with Crippen LogP contribution < -0.4 is 5.32 Å². The van der Waals surface area contributed by atoms with Crippen LogP contribution in [0.4, 0.5) is 13.2 Å². The van der Waals surface area contributed by atoms with Crippen LogP contribution in [0.1, 0.15) is 24.0 Å². The van der Waals surface area contributed by atoms with Gasteiger partial charge >= 0.3 is 6.18 Å². The first-order valence-corrected chi connectivity index (χ1v) is 7.68. The van der Waals surface area contributed by atoms with E-state index in [1.54, 1.807) is 0 Å². The summed E-state index contributed by atoms with van der Waals surface area (Å²) < 4.78 is 37.8. The molecule has 0 spiro atoms. The molecule has 24 heavy (non-hydrogen) atoms. The van der Waals surface area contributed by atoms with Crippen molar-refractivity contribution in [2.24, 2.45) is 0 Å². The summed E-state index contributed by atoms with van der Waals surface area (Å²) in [5.41, 5.74) is -0.499. The summed E-state index contributed by atoms with van der Waals surface area (Å²) in [7, 11) is 0. The van der Waals surface area contributed by atoms with E-state index in [2.05, 4.69) is 17.2 Å². The molecule has 1 aromatic rings. The maximum absolute atomic E-state index is 12.6. The molecule has 1 heterocycles. The highest BCUT2D eigenvalue weighted by Gasteiger charge is 2.30. The van der Waals surface area contributed by atoms with Crippen LogP contribution in [0.2, 0.25) is 0 Å². The van der Waals surface area contributed by atoms with Gasteiger partial charge in [0.15, 0.2) is 0 Å². The molecule has 1 saturated heterocycles. The molecule has 4 nitrogen and oxygen atoms in total. The summed E-state index contributed by atoms with van der Waals surface area (Å²) in [5.74, 6) is 5.04. The molecule has 0 aromatic heterocycles. The maximum atomic E-state index is 12.6. The van der Waals surface area contributed by atoms with Crippen molar-refractivity contribution >= 4 is 5.91 Å². The molecule has 7 heteroatoms. The number of aliphatic hydroxyl groups is 1. The van der Waals surface area contributed by atoms with Gasteiger partial charge in [-0.2, -0.15) is 13.2 Å². The molecule has 0 bridgehead atoms. The lowest BCUT2D eigenvalue weighted by Gasteiger charge is -2.21. The van der Waals surface area contributed by atoms with E-state index in [9.17, 15) is 23.1 Å². The van der Waals surface area contributed by atoms with Gasteiger partial charge in [0, 0.05) is 11.6 Å². The lowest BCUT2D eigenvalue weighted by atomic mass is 10.1. The second kappa shape index (κ2) is 8.18. The number of nitrogens with one attached hydrogen (secondary N) is 1. The van der Waals surface area contributed by atoms with Crippen molar-refractivity contribution in [2.75, 3.05) is 26.2 Å². The molecule has 2 N–H and O–H groups in total. The number of hydrogen-bond acceptors (Lipinski definition) is 3. The van der Waals surface area contributed by atoms with Crippen LogP contribution in [-0.4, -0.2) is 48.2 Å². The van der Waals surface area contributed by atoms with Crippen LogP contribution >= 0.6 is 0 Å². The normalized spacial score (nSPS) is 18.1. The molecule has 0 saturated carbocycles. The van der Waals surface area contributed by atoms with E-state index in [1.807, 2.05) is 4.90 Å². The summed E-state index contributed by atoms with van der Waals surface area (Å²) in [4.78, 5) is 13.7. The van der Waals surface area contributed by atoms with Crippen molar-refractivity contribution in [1.82, 2.24) is 10.2 Å². The highest BCUT2D eigenvalue weighted by atomic mass is 19.4. The fourth-order valence-electron chi connectivity index (χ4n) is 2.61. The Morgan fingerprint density at radius 3 is 2.92 bits per heavy atom. The standard InChI is InChI=1S/C17H19F3N2O2/c18-17(19,20)14-6-1-4-13(10-14)5-2-8-21-16(24)11-22-9-3-7-15(22)12-23/h1,4,6,10,15,23H,3,7-9,11-12H2,(H,21,24)/t15-/m1/s1. The number of hydrogen-bond donors (Lipinski definition) is 2. The fraction of sp³-hybridized carbons (Fsp3) is 0.471. The average molecular weight is 340 g/mol. The third-order valence-electron chi connectivity index (χ3n) is 3.85. The van der Waals surface area contributed by atoms with E-state index in [-0.39, 0.29) is 37.2 Å². The number of alkyl halides is 3. The van der Waals surface area contributed by atoms with E-state index >= 15 is 0 Å². The van der Waals surface area contributed by atoms with E-state index in [1.165, 1.54) is 12.1 Å². The number of benzene rings is 1. The fourth-order valence-corrected chi connectivity index (χ4v) is 2.61. The number of aliphatic hydroxyl groups excluding tert-OH is 1. The number of likely N-dealkylation sites (tertiary alicyclic amines) is 1. The Morgan fingerprint density at radius 1 is 1.42 bits per heavy atom. The smallest absolute Gasteiger partial charge is 0.395 e. The minimum atomic E-state index is -4.40. The van der Waals surface area contributed by atoms with Crippen molar-refractivity contribution in [2.45, 2.75) is 25.1 Å². The average Bonchev–Trinajstić information content (AvgIpc) is 2.98. The zero-order valence-electron chi connectivity index (χ0n) is 13.1. The van der Waals surface area contributed by atoms with Gasteiger partial charge in [0.25, 0.3) is 0 Å². The number of carbonyl (C=O) groups is 1. The van der Waals surface area contributed by atoms with Crippen molar-refractivity contribution in [1.29, 1.82) is 0 Å². The SMILES string of the molecule is O=C(CN1CCC[C@@H]1CO)NCC#Cc1cccc(C(F)(F)F)c1. The first-order valence-electron chi connectivity index (χ1n) is 7.68. The molecule has 130 valence electrons. The van der Waals surface area contributed by atoms with E-state index < -0.39 is 11.7 Å². The van der Waals surface area contributed by atoms with E-state index in [0.29, 0.717) is 0 Å². The summed E-state index contributed by atoms with van der Waals surface area (Å²) in [5, 5.41) is 11.8. The van der Waals surface area contributed by atoms with Crippen LogP contribution in [0.5, 0.6) is 0 Å². The lowest BCUT2D eigenvalue weighted by Crippen LogP contribution is -2.41. The molecular formula is C17H19F3N2O2. The molecule has 2 rings (SSSR count). The number of amides is 1. The minimum absolute atomic E-state index is 0.0203. The van der Waals surface area contributed by atoms with Gasteiger partial charge in [0.1, 0.15) is 0 Å². The zero-order valence-corrected chi connectivity index (χ0v) is 13.1. The Kier molecular flexibility index (Phi) is 6.23. The summed E-state index contributed by atoms with van der Waals surface area (Å²) >= 11 is 0. The van der Waals surface area contributed by atoms with Crippen LogP contribution in [0.15, 0.2) is 24.3 Å². The Labute approximate surface area is 138 Å². The highest BCUT2D eigenvalue weighted by Crippen LogP contribution is 2.29. The number of rotatable bonds is 4. The predicted molar refractivity (Wildman–Crippen MR) is 83.0 cm³/mol. The number of carbonyl (C=O) groups excluding carboxylic acids is 1. The van der Waals surface area contributed by atoms with Gasteiger partial charge in [-0.15, -0.1) is 0 Å². The molecule has 1 aromatic carbocycles. The second-order valence-electron chi connectivity index (χ2n) is 5.61. The molecule has 1 amide bonds. The third kappa shape index (κ3) is 5.25.